The van der Waals surface area contributed by atoms with Crippen LogP contribution in [0.1, 0.15) is 105 Å². The van der Waals surface area contributed by atoms with Gasteiger partial charge in [0.2, 0.25) is 76.8 Å². The molecule has 2 fully saturated rings. The number of aliphatic imine (C=N–C) groups is 2. The number of hydrogen-bond donors (Lipinski definition) is 21. The molecule has 2 aromatic carbocycles. The van der Waals surface area contributed by atoms with E-state index in [0.717, 1.165) is 21.6 Å². The van der Waals surface area contributed by atoms with Gasteiger partial charge < -0.3 is 118 Å². The molecule has 0 aliphatic carbocycles. The highest BCUT2D eigenvalue weighted by atomic mass is 33.1. The average Bonchev–Trinajstić information content (AvgIpc) is 1.61. The minimum absolute atomic E-state index is 0.000736. The van der Waals surface area contributed by atoms with E-state index in [2.05, 4.69) is 73.8 Å². The van der Waals surface area contributed by atoms with Crippen LogP contribution in [0.25, 0.3) is 0 Å². The number of phenolic OH excluding ortho intramolecular Hbond substituents is 1. The molecule has 37 nitrogen and oxygen atoms in total. The first-order valence-corrected chi connectivity index (χ1v) is 37.3. The van der Waals surface area contributed by atoms with Crippen LogP contribution in [0.3, 0.4) is 0 Å². The van der Waals surface area contributed by atoms with Crippen molar-refractivity contribution in [3.05, 3.63) is 65.7 Å². The molecular formula is C67H106N20O17S2. The van der Waals surface area contributed by atoms with Gasteiger partial charge in [0.1, 0.15) is 72.2 Å². The molecule has 39 heteroatoms. The summed E-state index contributed by atoms with van der Waals surface area (Å²) in [5.74, 6) is -14.3. The predicted octanol–water partition coefficient (Wildman–Crippen LogP) is -6.45. The van der Waals surface area contributed by atoms with Gasteiger partial charge in [0.25, 0.3) is 0 Å². The Bertz CT molecular complexity index is 3370. The van der Waals surface area contributed by atoms with Gasteiger partial charge in [-0.25, -0.2) is 0 Å². The Kier molecular flexibility index (Phi) is 37.8. The minimum Gasteiger partial charge on any atom is -0.508 e. The van der Waals surface area contributed by atoms with E-state index in [1.807, 2.05) is 0 Å². The van der Waals surface area contributed by atoms with Crippen molar-refractivity contribution < 1.29 is 82.8 Å². The lowest BCUT2D eigenvalue weighted by atomic mass is 10.0. The van der Waals surface area contributed by atoms with Crippen LogP contribution in [0, 0.1) is 11.8 Å². The summed E-state index contributed by atoms with van der Waals surface area (Å²) in [6.45, 7) is 8.51. The fraction of sp³-hybridized carbons (Fsp3) is 0.597. The first-order valence-electron chi connectivity index (χ1n) is 34.9. The van der Waals surface area contributed by atoms with E-state index >= 15 is 0 Å². The van der Waals surface area contributed by atoms with Crippen molar-refractivity contribution in [3.63, 3.8) is 0 Å². The molecule has 2 saturated heterocycles. The minimum atomic E-state index is -1.77. The third-order valence-electron chi connectivity index (χ3n) is 16.7. The standard InChI is InChI=1S/C67H106N20O17S2/c1-34(2)26-43-56(95)82-46(30-88)59(98)80-45(28-39-19-21-40(91)22-20-39)57(96)78-41(16-11-23-73-66(69)70)55(94)75-29-51(92)77-42(17-12-24-74-67(71)72)65(104)87-25-13-18-50(87)63(102)85-52(35(3)4)64(103)84-49(33-106-105-32-48(61(100)79-43)76-36(5)6)62(101)81-44(27-38-14-9-8-10-15-38)58(97)83-47(31-89)60(99)86-53(37(7)90)54(68)93/h8-10,14-15,19-22,34-37,41-50,52-53,76,88-91H,11-13,16-18,23-33H2,1-7H3,(H2,68,93)(H,75,94)(H,77,92)(H,78,96)(H,79,100)(H,80,98)(H,81,101)(H,82,95)(H,83,97)(H,84,103)(H,85,102)(H,86,99)(H4,69,70,73)(H4,71,72,74)/t37-,41+,42+,43+,44+,45+,46+,47+,48+,49+,50+,52+,53+/m1/s1. The van der Waals surface area contributed by atoms with E-state index in [-0.39, 0.29) is 119 Å². The highest BCUT2D eigenvalue weighted by Gasteiger charge is 2.41. The molecule has 106 heavy (non-hydrogen) atoms. The third kappa shape index (κ3) is 30.5. The van der Waals surface area contributed by atoms with Crippen molar-refractivity contribution in [1.29, 1.82) is 0 Å². The number of amides is 13. The summed E-state index contributed by atoms with van der Waals surface area (Å²) >= 11 is 0. The van der Waals surface area contributed by atoms with E-state index in [9.17, 15) is 82.8 Å². The van der Waals surface area contributed by atoms with Crippen LogP contribution in [0.5, 0.6) is 5.75 Å². The number of carbonyl (C=O) groups is 13. The zero-order valence-electron chi connectivity index (χ0n) is 60.6. The van der Waals surface area contributed by atoms with Gasteiger partial charge in [-0.2, -0.15) is 0 Å². The summed E-state index contributed by atoms with van der Waals surface area (Å²) in [7, 11) is 2.03. The number of nitrogens with one attached hydrogen (secondary N) is 12. The van der Waals surface area contributed by atoms with Crippen molar-refractivity contribution in [3.8, 4) is 5.75 Å². The Morgan fingerprint density at radius 3 is 1.76 bits per heavy atom. The molecule has 4 rings (SSSR count). The highest BCUT2D eigenvalue weighted by molar-refractivity contribution is 8.76. The lowest BCUT2D eigenvalue weighted by molar-refractivity contribution is -0.142. The van der Waals surface area contributed by atoms with Gasteiger partial charge in [0.15, 0.2) is 11.9 Å². The summed E-state index contributed by atoms with van der Waals surface area (Å²) in [5.41, 5.74) is 28.5. The van der Waals surface area contributed by atoms with Crippen molar-refractivity contribution in [2.45, 2.75) is 191 Å². The zero-order valence-corrected chi connectivity index (χ0v) is 62.2. The molecule has 588 valence electrons. The number of rotatable bonds is 27. The Morgan fingerprint density at radius 2 is 1.19 bits per heavy atom. The quantitative estimate of drug-likeness (QED) is 0.0171. The van der Waals surface area contributed by atoms with Crippen molar-refractivity contribution >= 4 is 110 Å². The summed E-state index contributed by atoms with van der Waals surface area (Å²) in [5, 5.41) is 72.6. The second-order valence-electron chi connectivity index (χ2n) is 26.7. The zero-order chi connectivity index (χ0) is 78.9. The number of benzene rings is 2. The van der Waals surface area contributed by atoms with Gasteiger partial charge in [-0.1, -0.05) is 106 Å². The number of primary amides is 1. The molecule has 2 heterocycles. The van der Waals surface area contributed by atoms with Gasteiger partial charge in [-0.15, -0.1) is 0 Å². The maximum absolute atomic E-state index is 15.0. The molecule has 26 N–H and O–H groups in total. The van der Waals surface area contributed by atoms with Crippen molar-refractivity contribution in [2.24, 2.45) is 50.5 Å². The van der Waals surface area contributed by atoms with Crippen LogP contribution < -0.4 is 92.5 Å². The van der Waals surface area contributed by atoms with E-state index < -0.39 is 181 Å². The van der Waals surface area contributed by atoms with E-state index in [1.165, 1.54) is 36.1 Å². The Labute approximate surface area is 622 Å². The smallest absolute Gasteiger partial charge is 0.245 e. The van der Waals surface area contributed by atoms with Crippen molar-refractivity contribution in [2.75, 3.05) is 50.9 Å². The molecule has 13 amide bonds. The fourth-order valence-corrected chi connectivity index (χ4v) is 13.5. The number of guanidine groups is 2. The Hall–Kier alpha value is -9.57. The molecule has 0 spiro atoms. The summed E-state index contributed by atoms with van der Waals surface area (Å²) in [6.07, 6.45) is -1.77. The van der Waals surface area contributed by atoms with Crippen LogP contribution in [-0.2, 0) is 75.2 Å². The molecule has 13 atom stereocenters. The van der Waals surface area contributed by atoms with Crippen molar-refractivity contribution in [1.82, 2.24) is 68.7 Å². The van der Waals surface area contributed by atoms with Gasteiger partial charge >= 0.3 is 0 Å². The number of fused-ring (bicyclic) bond motifs is 1. The maximum Gasteiger partial charge on any atom is 0.245 e. The molecule has 0 aromatic heterocycles. The SMILES string of the molecule is CC(C)C[C@@H]1NC(=O)[C@@H](NC(C)C)CSSC[C@@H](C(=O)N[C@@H](Cc2ccccc2)C(=O)N[C@@H](CO)C(=O)N[C@H](C(N)=O)[C@@H](C)O)NC(=O)[C@H](C(C)C)NC(=O)[C@@H]2CCCN2C(=O)[C@H](CCCN=C(N)N)NC(=O)CNC(=O)[C@H](CCCN=C(N)N)NC(=O)[C@H](Cc2ccc(O)cc2)NC(=O)[C@H](CO)NC1=O. The number of aromatic hydroxyl groups is 1. The monoisotopic (exact) mass is 1530 g/mol. The first-order chi connectivity index (χ1) is 50.1. The van der Waals surface area contributed by atoms with Crippen LogP contribution in [0.4, 0.5) is 0 Å². The van der Waals surface area contributed by atoms with E-state index in [0.29, 0.717) is 11.1 Å². The topological polar surface area (TPSA) is 605 Å². The maximum atomic E-state index is 15.0. The summed E-state index contributed by atoms with van der Waals surface area (Å²) in [6, 6.07) is -4.44. The lowest BCUT2D eigenvalue weighted by Crippen LogP contribution is -2.62. The molecular weight excluding hydrogens is 1420 g/mol. The van der Waals surface area contributed by atoms with Crippen LogP contribution in [0.2, 0.25) is 0 Å². The molecule has 2 aliphatic heterocycles. The number of nitrogens with zero attached hydrogens (tertiary/aromatic N) is 3. The third-order valence-corrected chi connectivity index (χ3v) is 19.1. The van der Waals surface area contributed by atoms with Gasteiger partial charge in [-0.05, 0) is 87.0 Å². The fourth-order valence-electron chi connectivity index (χ4n) is 11.2. The molecule has 2 aliphatic rings. The second-order valence-corrected chi connectivity index (χ2v) is 29.3. The highest BCUT2D eigenvalue weighted by Crippen LogP contribution is 2.25. The first kappa shape index (κ1) is 88.8. The lowest BCUT2D eigenvalue weighted by Gasteiger charge is -2.31. The second kappa shape index (κ2) is 45.1. The molecule has 0 saturated carbocycles. The summed E-state index contributed by atoms with van der Waals surface area (Å²) < 4.78 is 0. The molecule has 0 unspecified atom stereocenters. The van der Waals surface area contributed by atoms with Crippen LogP contribution in [-0.4, -0.2) is 250 Å². The Morgan fingerprint density at radius 1 is 0.613 bits per heavy atom. The normalized spacial score (nSPS) is 23.0. The molecule has 0 radical (unpaired) electrons. The number of aliphatic hydroxyl groups excluding tert-OH is 3. The van der Waals surface area contributed by atoms with Gasteiger partial charge in [-0.3, -0.25) is 72.3 Å². The largest absolute Gasteiger partial charge is 0.508 e. The number of hydrogen-bond acceptors (Lipinski definition) is 22. The molecule has 2 aromatic rings. The number of phenols is 1. The van der Waals surface area contributed by atoms with E-state index in [1.54, 1.807) is 71.9 Å². The predicted molar refractivity (Wildman–Crippen MR) is 395 cm³/mol. The van der Waals surface area contributed by atoms with Gasteiger partial charge in [0.05, 0.1) is 31.9 Å². The summed E-state index contributed by atoms with van der Waals surface area (Å²) in [4.78, 5) is 194. The number of aliphatic hydroxyl groups is 3. The number of carbonyl (C=O) groups excluding carboxylic acids is 13. The van der Waals surface area contributed by atoms with Crippen LogP contribution in [0.15, 0.2) is 64.6 Å². The van der Waals surface area contributed by atoms with Crippen LogP contribution >= 0.6 is 21.6 Å². The van der Waals surface area contributed by atoms with E-state index in [4.69, 9.17) is 28.7 Å². The van der Waals surface area contributed by atoms with Gasteiger partial charge in [0, 0.05) is 50.0 Å². The number of nitrogens with two attached hydrogens (primary N) is 5. The average molecular weight is 1530 g/mol. The molecule has 0 bridgehead atoms. The Balaban J connectivity index is 1.86.